The summed E-state index contributed by atoms with van der Waals surface area (Å²) in [7, 11) is 1.50. The zero-order chi connectivity index (χ0) is 19.1. The molecule has 3 aromatic rings. The fraction of sp³-hybridized carbons (Fsp3) is 0.0526. The molecular formula is C19H17N3O4. The van der Waals surface area contributed by atoms with Crippen molar-refractivity contribution in [1.82, 2.24) is 5.32 Å². The van der Waals surface area contributed by atoms with Crippen LogP contribution in [0, 0.1) is 15.5 Å². The van der Waals surface area contributed by atoms with Crippen molar-refractivity contribution in [1.29, 1.82) is 5.41 Å². The molecule has 3 aromatic carbocycles. The Morgan fingerprint density at radius 3 is 2.35 bits per heavy atom. The van der Waals surface area contributed by atoms with E-state index in [-0.39, 0.29) is 17.3 Å². The second kappa shape index (κ2) is 8.39. The first-order valence-electron chi connectivity index (χ1n) is 7.65. The number of nitro benzene ring substituents is 1. The van der Waals surface area contributed by atoms with E-state index in [0.29, 0.717) is 11.1 Å². The number of nitrogens with zero attached hydrogens (tertiary/aromatic N) is 1. The van der Waals surface area contributed by atoms with Gasteiger partial charge in [0.05, 0.1) is 4.92 Å². The van der Waals surface area contributed by atoms with E-state index in [1.807, 2.05) is 30.3 Å². The van der Waals surface area contributed by atoms with E-state index in [1.54, 1.807) is 6.07 Å². The number of benzene rings is 3. The highest BCUT2D eigenvalue weighted by Crippen LogP contribution is 2.24. The van der Waals surface area contributed by atoms with Crippen LogP contribution in [-0.2, 0) is 0 Å². The van der Waals surface area contributed by atoms with Gasteiger partial charge >= 0.3 is 0 Å². The van der Waals surface area contributed by atoms with E-state index in [0.717, 1.165) is 10.8 Å². The lowest BCUT2D eigenvalue weighted by molar-refractivity contribution is -0.384. The van der Waals surface area contributed by atoms with Gasteiger partial charge in [-0.3, -0.25) is 14.9 Å². The van der Waals surface area contributed by atoms with Crippen molar-refractivity contribution in [3.63, 3.8) is 0 Å². The van der Waals surface area contributed by atoms with Gasteiger partial charge in [-0.05, 0) is 29.0 Å². The van der Waals surface area contributed by atoms with Crippen molar-refractivity contribution in [2.75, 3.05) is 7.05 Å². The summed E-state index contributed by atoms with van der Waals surface area (Å²) in [6.45, 7) is 0. The molecule has 0 radical (unpaired) electrons. The molecule has 0 aliphatic heterocycles. The fourth-order valence-corrected chi connectivity index (χ4v) is 2.31. The van der Waals surface area contributed by atoms with Crippen LogP contribution in [0.25, 0.3) is 10.8 Å². The highest BCUT2D eigenvalue weighted by atomic mass is 16.6. The summed E-state index contributed by atoms with van der Waals surface area (Å²) < 4.78 is 0. The minimum atomic E-state index is -0.506. The van der Waals surface area contributed by atoms with Crippen LogP contribution in [0.15, 0.2) is 60.7 Å². The summed E-state index contributed by atoms with van der Waals surface area (Å²) >= 11 is 0. The Kier molecular flexibility index (Phi) is 6.00. The summed E-state index contributed by atoms with van der Waals surface area (Å²) in [6, 6.07) is 16.6. The van der Waals surface area contributed by atoms with Crippen molar-refractivity contribution >= 4 is 28.6 Å². The first-order chi connectivity index (χ1) is 12.5. The molecular weight excluding hydrogens is 334 g/mol. The van der Waals surface area contributed by atoms with E-state index in [9.17, 15) is 20.0 Å². The van der Waals surface area contributed by atoms with Gasteiger partial charge in [0.2, 0.25) is 0 Å². The number of hydrogen-bond acceptors (Lipinski definition) is 5. The van der Waals surface area contributed by atoms with Crippen LogP contribution in [0.5, 0.6) is 5.75 Å². The maximum absolute atomic E-state index is 11.0. The Bertz CT molecular complexity index is 953. The third-order valence-corrected chi connectivity index (χ3v) is 3.66. The molecule has 0 heterocycles. The van der Waals surface area contributed by atoms with Crippen LogP contribution in [-0.4, -0.2) is 29.2 Å². The number of rotatable bonds is 3. The molecule has 7 heteroatoms. The lowest BCUT2D eigenvalue weighted by atomic mass is 10.0. The molecule has 0 saturated carbocycles. The lowest BCUT2D eigenvalue weighted by Crippen LogP contribution is -2.17. The number of hydrogen-bond donors (Lipinski definition) is 3. The van der Waals surface area contributed by atoms with E-state index < -0.39 is 4.92 Å². The summed E-state index contributed by atoms with van der Waals surface area (Å²) in [6.07, 6.45) is 1.18. The average Bonchev–Trinajstić information content (AvgIpc) is 2.68. The molecule has 0 aliphatic rings. The SMILES string of the molecule is CNC(=O)c1ccc([N+](=O)[O-])cc1.N=Cc1c(O)ccc2ccccc12. The number of fused-ring (bicyclic) bond motifs is 1. The molecule has 0 atom stereocenters. The number of non-ortho nitro benzene ring substituents is 1. The Morgan fingerprint density at radius 1 is 1.12 bits per heavy atom. The largest absolute Gasteiger partial charge is 0.507 e. The van der Waals surface area contributed by atoms with Crippen molar-refractivity contribution in [3.8, 4) is 5.75 Å². The molecule has 7 nitrogen and oxygen atoms in total. The van der Waals surface area contributed by atoms with Crippen LogP contribution in [0.4, 0.5) is 5.69 Å². The average molecular weight is 351 g/mol. The Hall–Kier alpha value is -3.74. The van der Waals surface area contributed by atoms with E-state index >= 15 is 0 Å². The number of amides is 1. The maximum atomic E-state index is 11.0. The highest BCUT2D eigenvalue weighted by Gasteiger charge is 2.07. The molecule has 0 spiro atoms. The van der Waals surface area contributed by atoms with E-state index in [2.05, 4.69) is 5.32 Å². The van der Waals surface area contributed by atoms with E-state index in [1.165, 1.54) is 37.5 Å². The lowest BCUT2D eigenvalue weighted by Gasteiger charge is -2.03. The van der Waals surface area contributed by atoms with Gasteiger partial charge in [-0.2, -0.15) is 0 Å². The molecule has 132 valence electrons. The summed E-state index contributed by atoms with van der Waals surface area (Å²) in [5, 5.41) is 31.3. The number of carbonyl (C=O) groups excluding carboxylic acids is 1. The van der Waals surface area contributed by atoms with E-state index in [4.69, 9.17) is 5.41 Å². The van der Waals surface area contributed by atoms with Crippen molar-refractivity contribution in [2.24, 2.45) is 0 Å². The third-order valence-electron chi connectivity index (χ3n) is 3.66. The Labute approximate surface area is 149 Å². The molecule has 0 saturated heterocycles. The van der Waals surface area contributed by atoms with Gasteiger partial charge in [0.15, 0.2) is 0 Å². The number of carbonyl (C=O) groups is 1. The molecule has 3 N–H and O–H groups in total. The Morgan fingerprint density at radius 2 is 1.77 bits per heavy atom. The van der Waals surface area contributed by atoms with Crippen LogP contribution >= 0.6 is 0 Å². The third kappa shape index (κ3) is 4.21. The number of phenolic OH excluding ortho intramolecular Hbond substituents is 1. The second-order valence-electron chi connectivity index (χ2n) is 5.25. The van der Waals surface area contributed by atoms with Gasteiger partial charge in [-0.1, -0.05) is 30.3 Å². The number of nitro groups is 1. The predicted octanol–water partition coefficient (Wildman–Crippen LogP) is 3.50. The molecule has 0 unspecified atom stereocenters. The maximum Gasteiger partial charge on any atom is 0.269 e. The highest BCUT2D eigenvalue weighted by molar-refractivity contribution is 6.01. The van der Waals surface area contributed by atoms with Crippen molar-refractivity contribution in [3.05, 3.63) is 81.9 Å². The van der Waals surface area contributed by atoms with Gasteiger partial charge < -0.3 is 15.8 Å². The fourth-order valence-electron chi connectivity index (χ4n) is 2.31. The summed E-state index contributed by atoms with van der Waals surface area (Å²) in [5.74, 6) is -0.0939. The monoisotopic (exact) mass is 351 g/mol. The van der Waals surface area contributed by atoms with Crippen LogP contribution in [0.3, 0.4) is 0 Å². The zero-order valence-corrected chi connectivity index (χ0v) is 14.0. The van der Waals surface area contributed by atoms with Gasteiger partial charge in [-0.25, -0.2) is 0 Å². The van der Waals surface area contributed by atoms with Crippen molar-refractivity contribution < 1.29 is 14.8 Å². The predicted molar refractivity (Wildman–Crippen MR) is 100.0 cm³/mol. The zero-order valence-electron chi connectivity index (χ0n) is 14.0. The first-order valence-corrected chi connectivity index (χ1v) is 7.65. The van der Waals surface area contributed by atoms with Gasteiger partial charge in [0, 0.05) is 36.5 Å². The minimum absolute atomic E-state index is 0.0207. The standard InChI is InChI=1S/C11H9NO.C8H8N2O3/c12-7-10-9-4-2-1-3-8(9)5-6-11(10)13;1-9-8(11)6-2-4-7(5-3-6)10(12)13/h1-7,12-13H;2-5H,1H3,(H,9,11). The molecule has 0 aliphatic carbocycles. The molecule has 0 bridgehead atoms. The normalized spacial score (nSPS) is 9.73. The van der Waals surface area contributed by atoms with Gasteiger partial charge in [0.25, 0.3) is 11.6 Å². The summed E-state index contributed by atoms with van der Waals surface area (Å²) in [4.78, 5) is 20.8. The molecule has 1 amide bonds. The topological polar surface area (TPSA) is 116 Å². The number of nitrogens with one attached hydrogen (secondary N) is 2. The molecule has 26 heavy (non-hydrogen) atoms. The number of phenols is 1. The van der Waals surface area contributed by atoms with Gasteiger partial charge in [-0.15, -0.1) is 0 Å². The molecule has 3 rings (SSSR count). The number of aromatic hydroxyl groups is 1. The first kappa shape index (κ1) is 18.6. The summed E-state index contributed by atoms with van der Waals surface area (Å²) in [5.41, 5.74) is 0.971. The second-order valence-corrected chi connectivity index (χ2v) is 5.25. The van der Waals surface area contributed by atoms with Crippen LogP contribution in [0.1, 0.15) is 15.9 Å². The quantitative estimate of drug-likeness (QED) is 0.380. The molecule has 0 aromatic heterocycles. The smallest absolute Gasteiger partial charge is 0.269 e. The molecule has 0 fully saturated rings. The van der Waals surface area contributed by atoms with Crippen molar-refractivity contribution in [2.45, 2.75) is 0 Å². The minimum Gasteiger partial charge on any atom is -0.507 e. The Balaban J connectivity index is 0.000000187. The van der Waals surface area contributed by atoms with Crippen LogP contribution < -0.4 is 5.32 Å². The van der Waals surface area contributed by atoms with Gasteiger partial charge in [0.1, 0.15) is 5.75 Å². The van der Waals surface area contributed by atoms with Crippen LogP contribution in [0.2, 0.25) is 0 Å².